The SMILES string of the molecule is CCCCCCCCOc1cc(C(=O)OCC)c(OCCCCCCCC)cc1C(=O)OCC. The van der Waals surface area contributed by atoms with Crippen LogP contribution in [-0.2, 0) is 9.47 Å². The van der Waals surface area contributed by atoms with Gasteiger partial charge in [-0.2, -0.15) is 0 Å². The molecule has 0 N–H and O–H groups in total. The third-order valence-electron chi connectivity index (χ3n) is 5.58. The van der Waals surface area contributed by atoms with Crippen LogP contribution in [0, 0.1) is 0 Å². The van der Waals surface area contributed by atoms with E-state index >= 15 is 0 Å². The molecule has 6 heteroatoms. The predicted molar refractivity (Wildman–Crippen MR) is 136 cm³/mol. The molecule has 0 unspecified atom stereocenters. The zero-order valence-electron chi connectivity index (χ0n) is 21.9. The van der Waals surface area contributed by atoms with Crippen molar-refractivity contribution in [1.82, 2.24) is 0 Å². The first-order valence-corrected chi connectivity index (χ1v) is 13.4. The van der Waals surface area contributed by atoms with E-state index in [4.69, 9.17) is 18.9 Å². The minimum absolute atomic E-state index is 0.253. The first-order valence-electron chi connectivity index (χ1n) is 13.4. The van der Waals surface area contributed by atoms with Crippen LogP contribution < -0.4 is 9.47 Å². The van der Waals surface area contributed by atoms with Gasteiger partial charge in [0.05, 0.1) is 26.4 Å². The Hall–Kier alpha value is -2.24. The second-order valence-electron chi connectivity index (χ2n) is 8.52. The molecule has 0 aliphatic rings. The Kier molecular flexibility index (Phi) is 16.7. The molecule has 0 saturated heterocycles. The van der Waals surface area contributed by atoms with Crippen LogP contribution in [0.2, 0.25) is 0 Å². The summed E-state index contributed by atoms with van der Waals surface area (Å²) in [4.78, 5) is 25.3. The number of benzene rings is 1. The summed E-state index contributed by atoms with van der Waals surface area (Å²) in [5.74, 6) is -0.301. The average Bonchev–Trinajstić information content (AvgIpc) is 2.83. The second-order valence-corrected chi connectivity index (χ2v) is 8.52. The smallest absolute Gasteiger partial charge is 0.342 e. The molecule has 6 nitrogen and oxygen atoms in total. The summed E-state index contributed by atoms with van der Waals surface area (Å²) in [7, 11) is 0. The molecule has 0 bridgehead atoms. The first kappa shape index (κ1) is 29.8. The predicted octanol–water partition coefficient (Wildman–Crippen LogP) is 7.52. The Bertz CT molecular complexity index is 641. The van der Waals surface area contributed by atoms with Gasteiger partial charge in [-0.05, 0) is 38.8 Å². The molecule has 0 amide bonds. The maximum absolute atomic E-state index is 12.6. The summed E-state index contributed by atoms with van der Waals surface area (Å²) in [6.07, 6.45) is 13.6. The van der Waals surface area contributed by atoms with E-state index in [0.717, 1.165) is 25.7 Å². The van der Waals surface area contributed by atoms with Crippen LogP contribution >= 0.6 is 0 Å². The summed E-state index contributed by atoms with van der Waals surface area (Å²) in [5.41, 5.74) is 0.553. The van der Waals surface area contributed by atoms with Gasteiger partial charge in [0.25, 0.3) is 0 Å². The highest BCUT2D eigenvalue weighted by Crippen LogP contribution is 2.31. The topological polar surface area (TPSA) is 71.1 Å². The van der Waals surface area contributed by atoms with Crippen molar-refractivity contribution in [2.75, 3.05) is 26.4 Å². The Morgan fingerprint density at radius 1 is 0.559 bits per heavy atom. The van der Waals surface area contributed by atoms with Gasteiger partial charge in [-0.25, -0.2) is 9.59 Å². The summed E-state index contributed by atoms with van der Waals surface area (Å²) in [6.45, 7) is 9.36. The van der Waals surface area contributed by atoms with Crippen molar-refractivity contribution in [3.8, 4) is 11.5 Å². The summed E-state index contributed by atoms with van der Waals surface area (Å²) in [5, 5.41) is 0. The van der Waals surface area contributed by atoms with Crippen LogP contribution in [-0.4, -0.2) is 38.4 Å². The van der Waals surface area contributed by atoms with Gasteiger partial charge in [-0.1, -0.05) is 78.1 Å². The van der Waals surface area contributed by atoms with E-state index < -0.39 is 11.9 Å². The van der Waals surface area contributed by atoms with Crippen LogP contribution in [0.1, 0.15) is 125 Å². The van der Waals surface area contributed by atoms with Crippen molar-refractivity contribution >= 4 is 11.9 Å². The third kappa shape index (κ3) is 11.8. The minimum Gasteiger partial charge on any atom is -0.493 e. The van der Waals surface area contributed by atoms with Crippen LogP contribution in [0.3, 0.4) is 0 Å². The molecule has 0 aliphatic heterocycles. The molecule has 1 rings (SSSR count). The monoisotopic (exact) mass is 478 g/mol. The van der Waals surface area contributed by atoms with E-state index in [1.54, 1.807) is 26.0 Å². The number of hydrogen-bond donors (Lipinski definition) is 0. The molecular weight excluding hydrogens is 432 g/mol. The molecule has 0 saturated carbocycles. The van der Waals surface area contributed by atoms with Crippen molar-refractivity contribution in [1.29, 1.82) is 0 Å². The van der Waals surface area contributed by atoms with E-state index in [2.05, 4.69) is 13.8 Å². The number of ether oxygens (including phenoxy) is 4. The first-order chi connectivity index (χ1) is 16.6. The van der Waals surface area contributed by atoms with Crippen molar-refractivity contribution in [3.05, 3.63) is 23.3 Å². The fourth-order valence-electron chi connectivity index (χ4n) is 3.66. The third-order valence-corrected chi connectivity index (χ3v) is 5.58. The number of carbonyl (C=O) groups is 2. The number of rotatable bonds is 20. The van der Waals surface area contributed by atoms with E-state index in [0.29, 0.717) is 24.7 Å². The van der Waals surface area contributed by atoms with Gasteiger partial charge in [0.1, 0.15) is 22.6 Å². The number of unbranched alkanes of at least 4 members (excludes halogenated alkanes) is 10. The molecule has 194 valence electrons. The molecule has 0 spiro atoms. The largest absolute Gasteiger partial charge is 0.493 e. The van der Waals surface area contributed by atoms with Gasteiger partial charge in [0.15, 0.2) is 0 Å². The molecule has 1 aromatic rings. The van der Waals surface area contributed by atoms with Crippen molar-refractivity contribution < 1.29 is 28.5 Å². The zero-order chi connectivity index (χ0) is 25.0. The summed E-state index contributed by atoms with van der Waals surface area (Å²) < 4.78 is 22.4. The lowest BCUT2D eigenvalue weighted by atomic mass is 10.1. The van der Waals surface area contributed by atoms with Crippen LogP contribution in [0.15, 0.2) is 12.1 Å². The Balaban J connectivity index is 2.94. The van der Waals surface area contributed by atoms with Crippen molar-refractivity contribution in [2.45, 2.75) is 105 Å². The van der Waals surface area contributed by atoms with Gasteiger partial charge in [-0.15, -0.1) is 0 Å². The molecular formula is C28H46O6. The average molecular weight is 479 g/mol. The lowest BCUT2D eigenvalue weighted by molar-refractivity contribution is 0.0503. The van der Waals surface area contributed by atoms with Gasteiger partial charge < -0.3 is 18.9 Å². The maximum Gasteiger partial charge on any atom is 0.342 e. The molecule has 0 fully saturated rings. The molecule has 34 heavy (non-hydrogen) atoms. The zero-order valence-corrected chi connectivity index (χ0v) is 21.9. The van der Waals surface area contributed by atoms with Crippen molar-refractivity contribution in [3.63, 3.8) is 0 Å². The van der Waals surface area contributed by atoms with E-state index in [1.165, 1.54) is 51.4 Å². The molecule has 0 aliphatic carbocycles. The number of hydrogen-bond acceptors (Lipinski definition) is 6. The van der Waals surface area contributed by atoms with Gasteiger partial charge in [0, 0.05) is 0 Å². The lowest BCUT2D eigenvalue weighted by Crippen LogP contribution is -2.14. The van der Waals surface area contributed by atoms with Gasteiger partial charge in [-0.3, -0.25) is 0 Å². The lowest BCUT2D eigenvalue weighted by Gasteiger charge is -2.16. The fraction of sp³-hybridized carbons (Fsp3) is 0.714. The highest BCUT2D eigenvalue weighted by Gasteiger charge is 2.23. The molecule has 0 aromatic heterocycles. The number of carbonyl (C=O) groups excluding carboxylic acids is 2. The molecule has 0 heterocycles. The van der Waals surface area contributed by atoms with Gasteiger partial charge >= 0.3 is 11.9 Å². The number of esters is 2. The highest BCUT2D eigenvalue weighted by atomic mass is 16.5. The highest BCUT2D eigenvalue weighted by molar-refractivity contribution is 5.98. The van der Waals surface area contributed by atoms with Crippen LogP contribution in [0.5, 0.6) is 11.5 Å². The molecule has 0 atom stereocenters. The summed E-state index contributed by atoms with van der Waals surface area (Å²) in [6, 6.07) is 3.13. The van der Waals surface area contributed by atoms with Crippen LogP contribution in [0.4, 0.5) is 0 Å². The standard InChI is InChI=1S/C28H46O6/c1-5-9-11-13-15-17-19-33-25-21-24(28(30)32-8-4)26(22-23(25)27(29)31-7-3)34-20-18-16-14-12-10-6-2/h21-22H,5-20H2,1-4H3. The maximum atomic E-state index is 12.6. The Labute approximate surface area is 206 Å². The van der Waals surface area contributed by atoms with Crippen LogP contribution in [0.25, 0.3) is 0 Å². The molecule has 1 aromatic carbocycles. The minimum atomic E-state index is -0.486. The Morgan fingerprint density at radius 2 is 0.912 bits per heavy atom. The van der Waals surface area contributed by atoms with Gasteiger partial charge in [0.2, 0.25) is 0 Å². The normalized spacial score (nSPS) is 10.7. The molecule has 0 radical (unpaired) electrons. The quantitative estimate of drug-likeness (QED) is 0.143. The second kappa shape index (κ2) is 19.1. The van der Waals surface area contributed by atoms with Crippen molar-refractivity contribution in [2.24, 2.45) is 0 Å². The Morgan fingerprint density at radius 3 is 1.26 bits per heavy atom. The summed E-state index contributed by atoms with van der Waals surface area (Å²) >= 11 is 0. The van der Waals surface area contributed by atoms with E-state index in [1.807, 2.05) is 0 Å². The van der Waals surface area contributed by atoms with E-state index in [-0.39, 0.29) is 24.3 Å². The fourth-order valence-corrected chi connectivity index (χ4v) is 3.66. The van der Waals surface area contributed by atoms with E-state index in [9.17, 15) is 9.59 Å².